The number of amidine groups is 1. The molecule has 0 aliphatic rings. The van der Waals surface area contributed by atoms with E-state index in [1.165, 1.54) is 18.4 Å². The Hall–Kier alpha value is -3.84. The van der Waals surface area contributed by atoms with Crippen LogP contribution in [0.2, 0.25) is 0 Å². The Labute approximate surface area is 203 Å². The van der Waals surface area contributed by atoms with E-state index in [9.17, 15) is 4.79 Å². The third kappa shape index (κ3) is 5.55. The first-order valence-corrected chi connectivity index (χ1v) is 11.8. The van der Waals surface area contributed by atoms with Gasteiger partial charge in [0.05, 0.1) is 18.5 Å². The SMILES string of the molecule is COC(=O)N(CCc1ccccc1)CC(Oc1cccc2sc(C(=N)N)cc12)c1ccccc1. The minimum Gasteiger partial charge on any atom is -0.483 e. The summed E-state index contributed by atoms with van der Waals surface area (Å²) in [7, 11) is 1.39. The number of nitrogens with zero attached hydrogens (tertiary/aromatic N) is 1. The molecule has 1 amide bonds. The standard InChI is InChI=1S/C27H27N3O3S/c1-32-27(31)30(16-15-19-9-4-2-5-10-19)18-23(20-11-6-3-7-12-20)33-22-13-8-14-24-21(22)17-25(34-24)26(28)29/h2-14,17,23H,15-16,18H2,1H3,(H3,28,29). The molecule has 3 aromatic carbocycles. The van der Waals surface area contributed by atoms with Crippen molar-refractivity contribution in [2.24, 2.45) is 5.73 Å². The third-order valence-corrected chi connectivity index (χ3v) is 6.69. The molecule has 34 heavy (non-hydrogen) atoms. The van der Waals surface area contributed by atoms with Gasteiger partial charge in [-0.1, -0.05) is 66.7 Å². The molecule has 1 atom stereocenters. The Morgan fingerprint density at radius 2 is 1.74 bits per heavy atom. The monoisotopic (exact) mass is 473 g/mol. The van der Waals surface area contributed by atoms with Crippen molar-refractivity contribution in [1.82, 2.24) is 4.90 Å². The third-order valence-electron chi connectivity index (χ3n) is 5.56. The first-order chi connectivity index (χ1) is 16.5. The van der Waals surface area contributed by atoms with Gasteiger partial charge in [-0.05, 0) is 35.7 Å². The molecule has 3 N–H and O–H groups in total. The number of rotatable bonds is 9. The molecule has 0 aliphatic carbocycles. The fraction of sp³-hybridized carbons (Fsp3) is 0.185. The lowest BCUT2D eigenvalue weighted by atomic mass is 10.1. The second kappa shape index (κ2) is 10.9. The highest BCUT2D eigenvalue weighted by Gasteiger charge is 2.23. The topological polar surface area (TPSA) is 88.6 Å². The number of nitrogens with one attached hydrogen (secondary N) is 1. The molecule has 7 heteroatoms. The molecule has 1 unspecified atom stereocenters. The minimum absolute atomic E-state index is 0.0320. The molecule has 0 bridgehead atoms. The van der Waals surface area contributed by atoms with Crippen LogP contribution in [0.25, 0.3) is 10.1 Å². The number of amides is 1. The number of carbonyl (C=O) groups excluding carboxylic acids is 1. The Balaban J connectivity index is 1.62. The maximum absolute atomic E-state index is 12.7. The van der Waals surface area contributed by atoms with Crippen LogP contribution in [0.3, 0.4) is 0 Å². The molecule has 0 spiro atoms. The molecule has 1 aromatic heterocycles. The van der Waals surface area contributed by atoms with Gasteiger partial charge >= 0.3 is 6.09 Å². The first-order valence-electron chi connectivity index (χ1n) is 11.0. The smallest absolute Gasteiger partial charge is 0.409 e. The number of carbonyl (C=O) groups is 1. The Morgan fingerprint density at radius 3 is 2.41 bits per heavy atom. The second-order valence-electron chi connectivity index (χ2n) is 7.86. The van der Waals surface area contributed by atoms with Crippen molar-refractivity contribution in [3.63, 3.8) is 0 Å². The van der Waals surface area contributed by atoms with E-state index in [1.807, 2.05) is 84.9 Å². The zero-order chi connectivity index (χ0) is 23.9. The van der Waals surface area contributed by atoms with E-state index in [0.29, 0.717) is 30.1 Å². The summed E-state index contributed by atoms with van der Waals surface area (Å²) in [5, 5.41) is 8.68. The van der Waals surface area contributed by atoms with Crippen molar-refractivity contribution >= 4 is 33.4 Å². The van der Waals surface area contributed by atoms with Gasteiger partial charge in [0.15, 0.2) is 0 Å². The van der Waals surface area contributed by atoms with Gasteiger partial charge in [-0.25, -0.2) is 4.79 Å². The van der Waals surface area contributed by atoms with Gasteiger partial charge in [-0.2, -0.15) is 0 Å². The van der Waals surface area contributed by atoms with Crippen molar-refractivity contribution in [3.05, 3.63) is 101 Å². The molecule has 174 valence electrons. The number of nitrogens with two attached hydrogens (primary N) is 1. The van der Waals surface area contributed by atoms with Crippen molar-refractivity contribution < 1.29 is 14.3 Å². The molecule has 4 aromatic rings. The van der Waals surface area contributed by atoms with E-state index in [0.717, 1.165) is 21.2 Å². The quantitative estimate of drug-likeness (QED) is 0.244. The fourth-order valence-electron chi connectivity index (χ4n) is 3.80. The zero-order valence-electron chi connectivity index (χ0n) is 18.9. The summed E-state index contributed by atoms with van der Waals surface area (Å²) in [5.74, 6) is 0.715. The largest absolute Gasteiger partial charge is 0.483 e. The Kier molecular flexibility index (Phi) is 7.44. The van der Waals surface area contributed by atoms with E-state index in [-0.39, 0.29) is 5.84 Å². The number of benzene rings is 3. The van der Waals surface area contributed by atoms with Crippen LogP contribution in [0.5, 0.6) is 5.75 Å². The number of ether oxygens (including phenoxy) is 2. The molecule has 6 nitrogen and oxygen atoms in total. The van der Waals surface area contributed by atoms with E-state index in [1.54, 1.807) is 4.90 Å². The van der Waals surface area contributed by atoms with Crippen molar-refractivity contribution in [3.8, 4) is 5.75 Å². The predicted molar refractivity (Wildman–Crippen MR) is 137 cm³/mol. The van der Waals surface area contributed by atoms with Gasteiger partial charge in [0.1, 0.15) is 17.7 Å². The van der Waals surface area contributed by atoms with Crippen LogP contribution in [-0.2, 0) is 11.2 Å². The fourth-order valence-corrected chi connectivity index (χ4v) is 4.74. The molecule has 0 aliphatic heterocycles. The summed E-state index contributed by atoms with van der Waals surface area (Å²) < 4.78 is 12.6. The zero-order valence-corrected chi connectivity index (χ0v) is 19.8. The van der Waals surface area contributed by atoms with Crippen molar-refractivity contribution in [2.45, 2.75) is 12.5 Å². The molecule has 4 rings (SSSR count). The molecule has 0 saturated heterocycles. The predicted octanol–water partition coefficient (Wildman–Crippen LogP) is 5.62. The van der Waals surface area contributed by atoms with Gasteiger partial charge in [0.25, 0.3) is 0 Å². The lowest BCUT2D eigenvalue weighted by molar-refractivity contribution is 0.0954. The molecule has 0 saturated carbocycles. The van der Waals surface area contributed by atoms with Crippen LogP contribution >= 0.6 is 11.3 Å². The van der Waals surface area contributed by atoms with Gasteiger partial charge in [-0.3, -0.25) is 5.41 Å². The van der Waals surface area contributed by atoms with Crippen molar-refractivity contribution in [2.75, 3.05) is 20.2 Å². The van der Waals surface area contributed by atoms with Gasteiger partial charge in [-0.15, -0.1) is 11.3 Å². The van der Waals surface area contributed by atoms with Crippen LogP contribution in [0.15, 0.2) is 84.9 Å². The number of thiophene rings is 1. The van der Waals surface area contributed by atoms with E-state index in [2.05, 4.69) is 0 Å². The maximum atomic E-state index is 12.7. The molecule has 0 fully saturated rings. The normalized spacial score (nSPS) is 11.7. The van der Waals surface area contributed by atoms with E-state index in [4.69, 9.17) is 20.6 Å². The van der Waals surface area contributed by atoms with E-state index < -0.39 is 12.2 Å². The van der Waals surface area contributed by atoms with Crippen LogP contribution < -0.4 is 10.5 Å². The summed E-state index contributed by atoms with van der Waals surface area (Å²) in [6, 6.07) is 27.6. The van der Waals surface area contributed by atoms with Gasteiger partial charge in [0, 0.05) is 16.6 Å². The Morgan fingerprint density at radius 1 is 1.03 bits per heavy atom. The number of methoxy groups -OCH3 is 1. The maximum Gasteiger partial charge on any atom is 0.409 e. The first kappa shape index (κ1) is 23.3. The highest BCUT2D eigenvalue weighted by molar-refractivity contribution is 7.20. The highest BCUT2D eigenvalue weighted by atomic mass is 32.1. The Bertz CT molecular complexity index is 1260. The number of hydrogen-bond acceptors (Lipinski definition) is 5. The number of nitrogen functional groups attached to an aromatic ring is 1. The lowest BCUT2D eigenvalue weighted by Gasteiger charge is -2.28. The van der Waals surface area contributed by atoms with Gasteiger partial charge in [0.2, 0.25) is 0 Å². The van der Waals surface area contributed by atoms with E-state index >= 15 is 0 Å². The molecule has 0 radical (unpaired) electrons. The molecular weight excluding hydrogens is 446 g/mol. The summed E-state index contributed by atoms with van der Waals surface area (Å²) in [6.07, 6.45) is -0.102. The van der Waals surface area contributed by atoms with Crippen molar-refractivity contribution in [1.29, 1.82) is 5.41 Å². The average Bonchev–Trinajstić information content (AvgIpc) is 3.32. The highest BCUT2D eigenvalue weighted by Crippen LogP contribution is 2.35. The number of hydrogen-bond donors (Lipinski definition) is 2. The summed E-state index contributed by atoms with van der Waals surface area (Å²) in [5.41, 5.74) is 7.81. The van der Waals surface area contributed by atoms with Crippen LogP contribution in [0, 0.1) is 5.41 Å². The lowest BCUT2D eigenvalue weighted by Crippen LogP contribution is -2.37. The minimum atomic E-state index is -0.414. The summed E-state index contributed by atoms with van der Waals surface area (Å²) in [4.78, 5) is 15.0. The summed E-state index contributed by atoms with van der Waals surface area (Å²) >= 11 is 1.46. The van der Waals surface area contributed by atoms with Gasteiger partial charge < -0.3 is 20.1 Å². The molecule has 1 heterocycles. The van der Waals surface area contributed by atoms with Crippen LogP contribution in [0.1, 0.15) is 22.1 Å². The van der Waals surface area contributed by atoms with Crippen LogP contribution in [0.4, 0.5) is 4.79 Å². The second-order valence-corrected chi connectivity index (χ2v) is 8.94. The number of fused-ring (bicyclic) bond motifs is 1. The summed E-state index contributed by atoms with van der Waals surface area (Å²) in [6.45, 7) is 0.824. The molecular formula is C27H27N3O3S. The van der Waals surface area contributed by atoms with Crippen LogP contribution in [-0.4, -0.2) is 37.0 Å². The average molecular weight is 474 g/mol.